The second kappa shape index (κ2) is 4.60. The van der Waals surface area contributed by atoms with E-state index in [2.05, 4.69) is 5.10 Å². The Balaban J connectivity index is 2.87. The summed E-state index contributed by atoms with van der Waals surface area (Å²) in [5, 5.41) is 3.33. The van der Waals surface area contributed by atoms with E-state index < -0.39 is 29.8 Å². The molecule has 1 aliphatic heterocycles. The summed E-state index contributed by atoms with van der Waals surface area (Å²) in [7, 11) is 2.49. The van der Waals surface area contributed by atoms with Gasteiger partial charge >= 0.3 is 12.1 Å². The van der Waals surface area contributed by atoms with Crippen LogP contribution in [0, 0.1) is 5.92 Å². The van der Waals surface area contributed by atoms with Gasteiger partial charge in [-0.2, -0.15) is 5.10 Å². The minimum absolute atomic E-state index is 0.715. The van der Waals surface area contributed by atoms with Gasteiger partial charge in [-0.3, -0.25) is 19.4 Å². The summed E-state index contributed by atoms with van der Waals surface area (Å²) in [6.07, 6.45) is 0.925. The van der Waals surface area contributed by atoms with Crippen molar-refractivity contribution in [3.63, 3.8) is 0 Å². The monoisotopic (exact) mass is 241 g/mol. The standard InChI is InChI=1S/C8H11N5O4/c1-12-5(14)4(3-10-11-7(9)16)6(15)13(2)8(12)17/h3-4H,1-2H3,(H3,9,11,16)/b10-3-. The zero-order valence-electron chi connectivity index (χ0n) is 9.21. The van der Waals surface area contributed by atoms with Crippen LogP contribution in [-0.4, -0.2) is 54.0 Å². The van der Waals surface area contributed by atoms with E-state index in [1.54, 1.807) is 0 Å². The van der Waals surface area contributed by atoms with Gasteiger partial charge in [0.15, 0.2) is 5.92 Å². The lowest BCUT2D eigenvalue weighted by Gasteiger charge is -2.30. The third-order valence-electron chi connectivity index (χ3n) is 2.17. The van der Waals surface area contributed by atoms with Crippen LogP contribution in [-0.2, 0) is 9.59 Å². The van der Waals surface area contributed by atoms with Crippen LogP contribution in [0.25, 0.3) is 0 Å². The Bertz CT molecular complexity index is 394. The maximum atomic E-state index is 11.6. The first kappa shape index (κ1) is 12.6. The SMILES string of the molecule is CN1C(=O)C(/C=N\NC(N)=O)C(=O)N(C)C1=O. The smallest absolute Gasteiger partial charge is 0.332 e. The molecule has 17 heavy (non-hydrogen) atoms. The molecule has 0 aromatic heterocycles. The lowest BCUT2D eigenvalue weighted by Crippen LogP contribution is -2.57. The summed E-state index contributed by atoms with van der Waals surface area (Å²) in [5.74, 6) is -2.67. The van der Waals surface area contributed by atoms with Crippen molar-refractivity contribution < 1.29 is 19.2 Å². The van der Waals surface area contributed by atoms with Crippen molar-refractivity contribution in [3.8, 4) is 0 Å². The number of nitrogens with two attached hydrogens (primary N) is 1. The van der Waals surface area contributed by atoms with Crippen LogP contribution >= 0.6 is 0 Å². The Morgan fingerprint density at radius 2 is 1.76 bits per heavy atom. The van der Waals surface area contributed by atoms with Crippen molar-refractivity contribution >= 4 is 30.1 Å². The number of imide groups is 2. The van der Waals surface area contributed by atoms with Crippen LogP contribution in [0.1, 0.15) is 0 Å². The number of hydrazone groups is 1. The first-order valence-corrected chi connectivity index (χ1v) is 4.54. The number of carbonyl (C=O) groups is 4. The molecule has 0 bridgehead atoms. The first-order chi connectivity index (χ1) is 7.86. The van der Waals surface area contributed by atoms with Gasteiger partial charge in [-0.15, -0.1) is 0 Å². The van der Waals surface area contributed by atoms with Crippen LogP contribution in [0.5, 0.6) is 0 Å². The van der Waals surface area contributed by atoms with E-state index >= 15 is 0 Å². The van der Waals surface area contributed by atoms with Crippen molar-refractivity contribution in [1.82, 2.24) is 15.2 Å². The number of carbonyl (C=O) groups excluding carboxylic acids is 4. The molecule has 92 valence electrons. The third kappa shape index (κ3) is 2.38. The number of hydrogen-bond acceptors (Lipinski definition) is 5. The first-order valence-electron chi connectivity index (χ1n) is 4.54. The Hall–Kier alpha value is -2.45. The molecule has 1 fully saturated rings. The van der Waals surface area contributed by atoms with Gasteiger partial charge in [-0.05, 0) is 0 Å². The molecule has 1 heterocycles. The van der Waals surface area contributed by atoms with E-state index in [4.69, 9.17) is 5.73 Å². The molecule has 6 amide bonds. The summed E-state index contributed by atoms with van der Waals surface area (Å²) in [4.78, 5) is 46.5. The summed E-state index contributed by atoms with van der Waals surface area (Å²) in [6, 6.07) is -1.64. The molecular weight excluding hydrogens is 230 g/mol. The highest BCUT2D eigenvalue weighted by Crippen LogP contribution is 2.13. The van der Waals surface area contributed by atoms with Gasteiger partial charge in [0.25, 0.3) is 0 Å². The fourth-order valence-corrected chi connectivity index (χ4v) is 1.24. The average molecular weight is 241 g/mol. The molecule has 0 unspecified atom stereocenters. The summed E-state index contributed by atoms with van der Waals surface area (Å²) in [5.41, 5.74) is 6.60. The van der Waals surface area contributed by atoms with Gasteiger partial charge in [0.05, 0.1) is 0 Å². The van der Waals surface area contributed by atoms with Crippen LogP contribution in [0.4, 0.5) is 9.59 Å². The fourth-order valence-electron chi connectivity index (χ4n) is 1.24. The molecule has 1 saturated heterocycles. The van der Waals surface area contributed by atoms with E-state index in [1.165, 1.54) is 14.1 Å². The minimum atomic E-state index is -1.24. The van der Waals surface area contributed by atoms with E-state index in [-0.39, 0.29) is 0 Å². The molecule has 3 N–H and O–H groups in total. The van der Waals surface area contributed by atoms with Crippen molar-refractivity contribution in [3.05, 3.63) is 0 Å². The van der Waals surface area contributed by atoms with Gasteiger partial charge in [-0.1, -0.05) is 0 Å². The maximum absolute atomic E-state index is 11.6. The third-order valence-corrected chi connectivity index (χ3v) is 2.17. The van der Waals surface area contributed by atoms with Gasteiger partial charge in [0, 0.05) is 20.3 Å². The second-order valence-electron chi connectivity index (χ2n) is 3.31. The second-order valence-corrected chi connectivity index (χ2v) is 3.31. The number of primary amides is 1. The normalized spacial score (nSPS) is 18.1. The van der Waals surface area contributed by atoms with Crippen LogP contribution in [0.15, 0.2) is 5.10 Å². The minimum Gasteiger partial charge on any atom is -0.350 e. The number of rotatable bonds is 2. The fraction of sp³-hybridized carbons (Fsp3) is 0.375. The van der Waals surface area contributed by atoms with Crippen molar-refractivity contribution in [2.45, 2.75) is 0 Å². The Morgan fingerprint density at radius 3 is 2.18 bits per heavy atom. The van der Waals surface area contributed by atoms with Gasteiger partial charge < -0.3 is 5.73 Å². The highest BCUT2D eigenvalue weighted by Gasteiger charge is 2.41. The van der Waals surface area contributed by atoms with Gasteiger partial charge in [0.2, 0.25) is 11.8 Å². The highest BCUT2D eigenvalue weighted by molar-refractivity contribution is 6.23. The van der Waals surface area contributed by atoms with E-state index in [9.17, 15) is 19.2 Å². The number of urea groups is 2. The average Bonchev–Trinajstić information content (AvgIpc) is 2.28. The van der Waals surface area contributed by atoms with E-state index in [0.29, 0.717) is 0 Å². The maximum Gasteiger partial charge on any atom is 0.332 e. The van der Waals surface area contributed by atoms with E-state index in [1.807, 2.05) is 5.43 Å². The predicted molar refractivity (Wildman–Crippen MR) is 55.6 cm³/mol. The molecule has 0 aliphatic carbocycles. The number of amides is 6. The molecule has 1 rings (SSSR count). The van der Waals surface area contributed by atoms with E-state index in [0.717, 1.165) is 16.0 Å². The Morgan fingerprint density at radius 1 is 1.29 bits per heavy atom. The molecule has 9 nitrogen and oxygen atoms in total. The van der Waals surface area contributed by atoms with Crippen molar-refractivity contribution in [1.29, 1.82) is 0 Å². The van der Waals surface area contributed by atoms with Crippen LogP contribution in [0.3, 0.4) is 0 Å². The summed E-state index contributed by atoms with van der Waals surface area (Å²) >= 11 is 0. The molecule has 0 radical (unpaired) electrons. The number of hydrogen-bond donors (Lipinski definition) is 2. The number of barbiturate groups is 1. The molecule has 0 aromatic carbocycles. The molecule has 0 aromatic rings. The Labute approximate surface area is 96.2 Å². The lowest BCUT2D eigenvalue weighted by atomic mass is 10.1. The van der Waals surface area contributed by atoms with Crippen LogP contribution in [0.2, 0.25) is 0 Å². The lowest BCUT2D eigenvalue weighted by molar-refractivity contribution is -0.144. The van der Waals surface area contributed by atoms with Gasteiger partial charge in [-0.25, -0.2) is 15.0 Å². The zero-order valence-corrected chi connectivity index (χ0v) is 9.21. The topological polar surface area (TPSA) is 125 Å². The molecule has 0 spiro atoms. The quantitative estimate of drug-likeness (QED) is 0.339. The predicted octanol–water partition coefficient (Wildman–Crippen LogP) is -1.69. The molecule has 1 aliphatic rings. The zero-order chi connectivity index (χ0) is 13.2. The number of nitrogens with one attached hydrogen (secondary N) is 1. The summed E-state index contributed by atoms with van der Waals surface area (Å²) in [6.45, 7) is 0. The summed E-state index contributed by atoms with van der Waals surface area (Å²) < 4.78 is 0. The largest absolute Gasteiger partial charge is 0.350 e. The molecule has 0 atom stereocenters. The molecule has 9 heteroatoms. The van der Waals surface area contributed by atoms with Crippen LogP contribution < -0.4 is 11.2 Å². The molecule has 0 saturated carbocycles. The number of nitrogens with zero attached hydrogens (tertiary/aromatic N) is 3. The van der Waals surface area contributed by atoms with Gasteiger partial charge in [0.1, 0.15) is 0 Å². The highest BCUT2D eigenvalue weighted by atomic mass is 16.2. The van der Waals surface area contributed by atoms with Crippen molar-refractivity contribution in [2.75, 3.05) is 14.1 Å². The van der Waals surface area contributed by atoms with Crippen molar-refractivity contribution in [2.24, 2.45) is 16.8 Å². The molecular formula is C8H11N5O4. The Kier molecular flexibility index (Phi) is 3.41.